The molecule has 1 saturated carbocycles. The van der Waals surface area contributed by atoms with E-state index < -0.39 is 6.04 Å². The molecule has 150 valence electrons. The molecule has 7 heteroatoms. The number of nitrogens with zero attached hydrogens (tertiary/aromatic N) is 3. The van der Waals surface area contributed by atoms with E-state index in [4.69, 9.17) is 0 Å². The molecule has 1 fully saturated rings. The van der Waals surface area contributed by atoms with E-state index in [2.05, 4.69) is 14.9 Å². The van der Waals surface area contributed by atoms with Gasteiger partial charge in [0.2, 0.25) is 5.91 Å². The van der Waals surface area contributed by atoms with Crippen LogP contribution in [0.5, 0.6) is 0 Å². The monoisotopic (exact) mass is 400 g/mol. The van der Waals surface area contributed by atoms with Crippen LogP contribution in [0.1, 0.15) is 74.5 Å². The van der Waals surface area contributed by atoms with Gasteiger partial charge in [-0.25, -0.2) is 0 Å². The molecule has 0 radical (unpaired) electrons. The van der Waals surface area contributed by atoms with E-state index in [-0.39, 0.29) is 29.6 Å². The summed E-state index contributed by atoms with van der Waals surface area (Å²) in [6.07, 6.45) is 6.24. The van der Waals surface area contributed by atoms with E-state index in [0.29, 0.717) is 0 Å². The smallest absolute Gasteiger partial charge is 0.276 e. The molecule has 1 aliphatic rings. The summed E-state index contributed by atoms with van der Waals surface area (Å²) in [4.78, 5) is 28.3. The van der Waals surface area contributed by atoms with Crippen molar-refractivity contribution in [3.8, 4) is 0 Å². The Bertz CT molecular complexity index is 760. The van der Waals surface area contributed by atoms with E-state index in [0.717, 1.165) is 49.2 Å². The summed E-state index contributed by atoms with van der Waals surface area (Å²) in [6.45, 7) is 3.99. The van der Waals surface area contributed by atoms with E-state index in [1.54, 1.807) is 10.3 Å². The zero-order chi connectivity index (χ0) is 19.9. The van der Waals surface area contributed by atoms with Gasteiger partial charge < -0.3 is 10.2 Å². The molecule has 1 N–H and O–H groups in total. The molecule has 6 nitrogen and oxygen atoms in total. The predicted molar refractivity (Wildman–Crippen MR) is 110 cm³/mol. The standard InChI is InChI=1S/C21H28N4O2S/c1-3-15(2)25(21(27)18-14-28-24-23-18)19(16-10-6-4-7-11-16)20(26)22-17-12-8-5-9-13-17/h4,6-7,10-11,14-15,17,19H,3,5,8-9,12-13H2,1-2H3,(H,22,26)/t15-,19+/m0/s1. The van der Waals surface area contributed by atoms with Crippen molar-refractivity contribution in [2.24, 2.45) is 0 Å². The van der Waals surface area contributed by atoms with Crippen LogP contribution < -0.4 is 5.32 Å². The van der Waals surface area contributed by atoms with Crippen LogP contribution in [0, 0.1) is 0 Å². The SMILES string of the molecule is CC[C@H](C)N(C(=O)c1csnn1)[C@@H](C(=O)NC1CCCCC1)c1ccccc1. The van der Waals surface area contributed by atoms with Crippen LogP contribution in [0.2, 0.25) is 0 Å². The number of carbonyl (C=O) groups excluding carboxylic acids is 2. The third kappa shape index (κ3) is 4.76. The molecule has 1 aromatic heterocycles. The van der Waals surface area contributed by atoms with Crippen molar-refractivity contribution in [3.63, 3.8) is 0 Å². The lowest BCUT2D eigenvalue weighted by atomic mass is 9.94. The number of carbonyl (C=O) groups is 2. The normalized spacial score (nSPS) is 16.9. The zero-order valence-electron chi connectivity index (χ0n) is 16.5. The van der Waals surface area contributed by atoms with Gasteiger partial charge in [-0.1, -0.05) is 61.0 Å². The lowest BCUT2D eigenvalue weighted by Gasteiger charge is -2.36. The molecule has 2 atom stereocenters. The fourth-order valence-corrected chi connectivity index (χ4v) is 4.19. The zero-order valence-corrected chi connectivity index (χ0v) is 17.3. The van der Waals surface area contributed by atoms with Crippen LogP contribution in [0.3, 0.4) is 0 Å². The summed E-state index contributed by atoms with van der Waals surface area (Å²) in [6, 6.07) is 8.92. The number of nitrogens with one attached hydrogen (secondary N) is 1. The topological polar surface area (TPSA) is 75.2 Å². The number of hydrogen-bond acceptors (Lipinski definition) is 5. The summed E-state index contributed by atoms with van der Waals surface area (Å²) in [7, 11) is 0. The molecule has 0 unspecified atom stereocenters. The predicted octanol–water partition coefficient (Wildman–Crippen LogP) is 3.97. The summed E-state index contributed by atoms with van der Waals surface area (Å²) in [5, 5.41) is 8.80. The highest BCUT2D eigenvalue weighted by Crippen LogP contribution is 2.28. The lowest BCUT2D eigenvalue weighted by Crippen LogP contribution is -2.50. The quantitative estimate of drug-likeness (QED) is 0.763. The van der Waals surface area contributed by atoms with Crippen molar-refractivity contribution in [2.45, 2.75) is 70.5 Å². The molecule has 0 spiro atoms. The van der Waals surface area contributed by atoms with E-state index in [9.17, 15) is 9.59 Å². The molecular weight excluding hydrogens is 372 g/mol. The van der Waals surface area contributed by atoms with Gasteiger partial charge in [0.05, 0.1) is 0 Å². The van der Waals surface area contributed by atoms with Crippen LogP contribution in [0.15, 0.2) is 35.7 Å². The van der Waals surface area contributed by atoms with Gasteiger partial charge in [-0.2, -0.15) is 0 Å². The second-order valence-corrected chi connectivity index (χ2v) is 8.03. The highest BCUT2D eigenvalue weighted by Gasteiger charge is 2.36. The molecule has 3 rings (SSSR count). The Hall–Kier alpha value is -2.28. The van der Waals surface area contributed by atoms with Gasteiger partial charge in [-0.3, -0.25) is 9.59 Å². The summed E-state index contributed by atoms with van der Waals surface area (Å²) < 4.78 is 3.82. The van der Waals surface area contributed by atoms with Gasteiger partial charge in [-0.05, 0) is 43.3 Å². The molecule has 1 aliphatic carbocycles. The molecular formula is C21H28N4O2S. The molecule has 2 aromatic rings. The second kappa shape index (κ2) is 9.78. The first kappa shape index (κ1) is 20.5. The van der Waals surface area contributed by atoms with Gasteiger partial charge in [0.15, 0.2) is 5.69 Å². The second-order valence-electron chi connectivity index (χ2n) is 7.42. The molecule has 2 amide bonds. The Kier molecular flexibility index (Phi) is 7.14. The maximum atomic E-state index is 13.4. The molecule has 0 aliphatic heterocycles. The summed E-state index contributed by atoms with van der Waals surface area (Å²) in [5.41, 5.74) is 1.10. The third-order valence-corrected chi connectivity index (χ3v) is 5.98. The first-order valence-electron chi connectivity index (χ1n) is 10.1. The van der Waals surface area contributed by atoms with E-state index in [1.165, 1.54) is 6.42 Å². The van der Waals surface area contributed by atoms with E-state index in [1.807, 2.05) is 44.2 Å². The number of rotatable bonds is 7. The largest absolute Gasteiger partial charge is 0.351 e. The van der Waals surface area contributed by atoms with Crippen LogP contribution in [-0.4, -0.2) is 38.4 Å². The van der Waals surface area contributed by atoms with Crippen molar-refractivity contribution in [3.05, 3.63) is 47.0 Å². The minimum atomic E-state index is -0.688. The van der Waals surface area contributed by atoms with Crippen molar-refractivity contribution < 1.29 is 9.59 Å². The number of amides is 2. The van der Waals surface area contributed by atoms with Gasteiger partial charge in [0, 0.05) is 17.5 Å². The molecule has 0 saturated heterocycles. The Morgan fingerprint density at radius 1 is 1.21 bits per heavy atom. The third-order valence-electron chi connectivity index (χ3n) is 5.47. The first-order chi connectivity index (χ1) is 13.6. The minimum Gasteiger partial charge on any atom is -0.351 e. The summed E-state index contributed by atoms with van der Waals surface area (Å²) in [5.74, 6) is -0.370. The Labute approximate surface area is 170 Å². The molecule has 1 aromatic carbocycles. The van der Waals surface area contributed by atoms with Crippen LogP contribution in [-0.2, 0) is 4.79 Å². The average molecular weight is 401 g/mol. The minimum absolute atomic E-state index is 0.114. The van der Waals surface area contributed by atoms with Crippen molar-refractivity contribution in [1.29, 1.82) is 0 Å². The van der Waals surface area contributed by atoms with Crippen LogP contribution >= 0.6 is 11.5 Å². The average Bonchev–Trinajstić information content (AvgIpc) is 3.27. The van der Waals surface area contributed by atoms with Crippen molar-refractivity contribution in [2.75, 3.05) is 0 Å². The number of hydrogen-bond donors (Lipinski definition) is 1. The van der Waals surface area contributed by atoms with Crippen LogP contribution in [0.25, 0.3) is 0 Å². The van der Waals surface area contributed by atoms with Crippen molar-refractivity contribution >= 4 is 23.3 Å². The van der Waals surface area contributed by atoms with Crippen molar-refractivity contribution in [1.82, 2.24) is 19.8 Å². The highest BCUT2D eigenvalue weighted by molar-refractivity contribution is 7.03. The van der Waals surface area contributed by atoms with Gasteiger partial charge in [0.25, 0.3) is 5.91 Å². The van der Waals surface area contributed by atoms with E-state index >= 15 is 0 Å². The summed E-state index contributed by atoms with van der Waals surface area (Å²) >= 11 is 1.14. The van der Waals surface area contributed by atoms with Gasteiger partial charge in [-0.15, -0.1) is 5.10 Å². The Balaban J connectivity index is 1.94. The number of aromatic nitrogens is 2. The lowest BCUT2D eigenvalue weighted by molar-refractivity contribution is -0.127. The molecule has 28 heavy (non-hydrogen) atoms. The maximum absolute atomic E-state index is 13.4. The van der Waals surface area contributed by atoms with Gasteiger partial charge >= 0.3 is 0 Å². The number of benzene rings is 1. The fraction of sp³-hybridized carbons (Fsp3) is 0.524. The van der Waals surface area contributed by atoms with Crippen LogP contribution in [0.4, 0.5) is 0 Å². The molecule has 0 bridgehead atoms. The highest BCUT2D eigenvalue weighted by atomic mass is 32.1. The first-order valence-corrected chi connectivity index (χ1v) is 10.9. The Morgan fingerprint density at radius 3 is 2.54 bits per heavy atom. The molecule has 1 heterocycles. The van der Waals surface area contributed by atoms with Gasteiger partial charge in [0.1, 0.15) is 6.04 Å². The maximum Gasteiger partial charge on any atom is 0.276 e. The fourth-order valence-electron chi connectivity index (χ4n) is 3.76. The Morgan fingerprint density at radius 2 is 1.93 bits per heavy atom.